The van der Waals surface area contributed by atoms with E-state index in [0.717, 1.165) is 19.4 Å². The van der Waals surface area contributed by atoms with Crippen molar-refractivity contribution in [2.24, 2.45) is 0 Å². The van der Waals surface area contributed by atoms with Crippen LogP contribution in [0.5, 0.6) is 0 Å². The minimum absolute atomic E-state index is 0.279. The molecule has 1 amide bonds. The summed E-state index contributed by atoms with van der Waals surface area (Å²) in [6.45, 7) is 0.729. The van der Waals surface area contributed by atoms with Crippen molar-refractivity contribution in [2.45, 2.75) is 12.8 Å². The molecule has 1 heterocycles. The van der Waals surface area contributed by atoms with E-state index in [0.29, 0.717) is 17.2 Å². The Kier molecular flexibility index (Phi) is 6.89. The molecule has 0 saturated heterocycles. The number of methoxy groups -OCH3 is 1. The Bertz CT molecular complexity index is 959. The predicted molar refractivity (Wildman–Crippen MR) is 111 cm³/mol. The number of hydrogen-bond acceptors (Lipinski definition) is 6. The maximum absolute atomic E-state index is 12.4. The molecule has 2 N–H and O–H groups in total. The lowest BCUT2D eigenvalue weighted by Crippen LogP contribution is -2.16. The van der Waals surface area contributed by atoms with Gasteiger partial charge in [-0.1, -0.05) is 42.5 Å². The van der Waals surface area contributed by atoms with Gasteiger partial charge >= 0.3 is 5.97 Å². The standard InChI is InChI=1S/C22H22N4O3/c1-29-21(28)18-11-5-6-12-19(18)26-20(27)17-14-24-22(25-15-17)23-13-7-10-16-8-3-2-4-9-16/h2-6,8-9,11-12,14-15H,7,10,13H2,1H3,(H,26,27)(H,23,24,25). The van der Waals surface area contributed by atoms with Gasteiger partial charge in [-0.15, -0.1) is 0 Å². The van der Waals surface area contributed by atoms with Gasteiger partial charge < -0.3 is 15.4 Å². The fourth-order valence-corrected chi connectivity index (χ4v) is 2.75. The number of rotatable bonds is 8. The van der Waals surface area contributed by atoms with E-state index in [1.54, 1.807) is 24.3 Å². The highest BCUT2D eigenvalue weighted by molar-refractivity contribution is 6.07. The highest BCUT2D eigenvalue weighted by Gasteiger charge is 2.14. The summed E-state index contributed by atoms with van der Waals surface area (Å²) in [5.74, 6) is -0.464. The molecular formula is C22H22N4O3. The number of hydrogen-bond donors (Lipinski definition) is 2. The van der Waals surface area contributed by atoms with Crippen molar-refractivity contribution >= 4 is 23.5 Å². The van der Waals surface area contributed by atoms with Gasteiger partial charge in [-0.05, 0) is 30.5 Å². The normalized spacial score (nSPS) is 10.2. The van der Waals surface area contributed by atoms with Crippen molar-refractivity contribution in [1.82, 2.24) is 9.97 Å². The first kappa shape index (κ1) is 20.0. The van der Waals surface area contributed by atoms with E-state index in [2.05, 4.69) is 32.7 Å². The number of para-hydroxylation sites is 1. The Labute approximate surface area is 169 Å². The molecule has 0 unspecified atom stereocenters. The number of benzene rings is 2. The van der Waals surface area contributed by atoms with Crippen LogP contribution in [-0.4, -0.2) is 35.5 Å². The van der Waals surface area contributed by atoms with Crippen LogP contribution in [0.1, 0.15) is 32.7 Å². The molecule has 1 aromatic heterocycles. The molecule has 0 saturated carbocycles. The highest BCUT2D eigenvalue weighted by atomic mass is 16.5. The highest BCUT2D eigenvalue weighted by Crippen LogP contribution is 2.17. The zero-order valence-electron chi connectivity index (χ0n) is 16.1. The van der Waals surface area contributed by atoms with E-state index in [9.17, 15) is 9.59 Å². The summed E-state index contributed by atoms with van der Waals surface area (Å²) in [6, 6.07) is 16.9. The van der Waals surface area contributed by atoms with Gasteiger partial charge in [0.15, 0.2) is 0 Å². The second-order valence-corrected chi connectivity index (χ2v) is 6.30. The van der Waals surface area contributed by atoms with Crippen LogP contribution in [0.15, 0.2) is 67.0 Å². The summed E-state index contributed by atoms with van der Waals surface area (Å²) in [5, 5.41) is 5.84. The lowest BCUT2D eigenvalue weighted by atomic mass is 10.1. The van der Waals surface area contributed by atoms with E-state index in [-0.39, 0.29) is 5.56 Å². The Hall–Kier alpha value is -3.74. The maximum Gasteiger partial charge on any atom is 0.339 e. The van der Waals surface area contributed by atoms with Crippen LogP contribution in [0, 0.1) is 0 Å². The molecule has 0 aliphatic carbocycles. The largest absolute Gasteiger partial charge is 0.465 e. The number of nitrogens with one attached hydrogen (secondary N) is 2. The molecular weight excluding hydrogens is 368 g/mol. The summed E-state index contributed by atoms with van der Waals surface area (Å²) in [6.07, 6.45) is 4.80. The number of carbonyl (C=O) groups is 2. The molecule has 0 fully saturated rings. The van der Waals surface area contributed by atoms with E-state index in [1.165, 1.54) is 25.1 Å². The van der Waals surface area contributed by atoms with Gasteiger partial charge in [0.2, 0.25) is 5.95 Å². The van der Waals surface area contributed by atoms with Crippen molar-refractivity contribution in [2.75, 3.05) is 24.3 Å². The Morgan fingerprint density at radius 2 is 1.66 bits per heavy atom. The molecule has 7 nitrogen and oxygen atoms in total. The molecule has 0 spiro atoms. The fraction of sp³-hybridized carbons (Fsp3) is 0.182. The summed E-state index contributed by atoms with van der Waals surface area (Å²) in [4.78, 5) is 32.6. The number of amides is 1. The summed E-state index contributed by atoms with van der Waals surface area (Å²) >= 11 is 0. The summed E-state index contributed by atoms with van der Waals surface area (Å²) in [5.41, 5.74) is 2.22. The lowest BCUT2D eigenvalue weighted by molar-refractivity contribution is 0.0602. The van der Waals surface area contributed by atoms with E-state index >= 15 is 0 Å². The molecule has 3 rings (SSSR count). The lowest BCUT2D eigenvalue weighted by Gasteiger charge is -2.10. The first-order valence-electron chi connectivity index (χ1n) is 9.26. The molecule has 29 heavy (non-hydrogen) atoms. The van der Waals surface area contributed by atoms with Crippen molar-refractivity contribution in [3.63, 3.8) is 0 Å². The summed E-state index contributed by atoms with van der Waals surface area (Å²) in [7, 11) is 1.29. The third kappa shape index (κ3) is 5.62. The van der Waals surface area contributed by atoms with Crippen molar-refractivity contribution in [3.05, 3.63) is 83.7 Å². The van der Waals surface area contributed by atoms with Crippen LogP contribution < -0.4 is 10.6 Å². The van der Waals surface area contributed by atoms with Crippen molar-refractivity contribution in [1.29, 1.82) is 0 Å². The van der Waals surface area contributed by atoms with Crippen LogP contribution in [0.3, 0.4) is 0 Å². The smallest absolute Gasteiger partial charge is 0.339 e. The maximum atomic E-state index is 12.4. The number of esters is 1. The average molecular weight is 390 g/mol. The average Bonchev–Trinajstić information content (AvgIpc) is 2.77. The first-order valence-corrected chi connectivity index (χ1v) is 9.26. The van der Waals surface area contributed by atoms with Gasteiger partial charge in [-0.25, -0.2) is 14.8 Å². The summed E-state index contributed by atoms with van der Waals surface area (Å²) < 4.78 is 4.73. The third-order valence-corrected chi connectivity index (χ3v) is 4.26. The molecule has 7 heteroatoms. The number of aromatic nitrogens is 2. The van der Waals surface area contributed by atoms with Crippen LogP contribution in [-0.2, 0) is 11.2 Å². The predicted octanol–water partition coefficient (Wildman–Crippen LogP) is 3.56. The Morgan fingerprint density at radius 3 is 2.38 bits per heavy atom. The number of carbonyl (C=O) groups excluding carboxylic acids is 2. The second-order valence-electron chi connectivity index (χ2n) is 6.30. The van der Waals surface area contributed by atoms with Gasteiger partial charge in [0, 0.05) is 18.9 Å². The quantitative estimate of drug-likeness (QED) is 0.451. The molecule has 0 aliphatic rings. The van der Waals surface area contributed by atoms with E-state index < -0.39 is 11.9 Å². The van der Waals surface area contributed by atoms with Crippen LogP contribution in [0.25, 0.3) is 0 Å². The zero-order chi connectivity index (χ0) is 20.5. The minimum atomic E-state index is -0.521. The topological polar surface area (TPSA) is 93.2 Å². The molecule has 0 atom stereocenters. The fourth-order valence-electron chi connectivity index (χ4n) is 2.75. The van der Waals surface area contributed by atoms with Gasteiger partial charge in [-0.3, -0.25) is 4.79 Å². The second kappa shape index (κ2) is 9.98. The van der Waals surface area contributed by atoms with Crippen LogP contribution in [0.4, 0.5) is 11.6 Å². The van der Waals surface area contributed by atoms with Crippen LogP contribution >= 0.6 is 0 Å². The van der Waals surface area contributed by atoms with Gasteiger partial charge in [-0.2, -0.15) is 0 Å². The van der Waals surface area contributed by atoms with Crippen LogP contribution in [0.2, 0.25) is 0 Å². The zero-order valence-corrected chi connectivity index (χ0v) is 16.1. The SMILES string of the molecule is COC(=O)c1ccccc1NC(=O)c1cnc(NCCCc2ccccc2)nc1. The van der Waals surface area contributed by atoms with Gasteiger partial charge in [0.05, 0.1) is 23.9 Å². The van der Waals surface area contributed by atoms with Crippen molar-refractivity contribution in [3.8, 4) is 0 Å². The molecule has 0 bridgehead atoms. The number of aryl methyl sites for hydroxylation is 1. The number of nitrogens with zero attached hydrogens (tertiary/aromatic N) is 2. The van der Waals surface area contributed by atoms with Gasteiger partial charge in [0.25, 0.3) is 5.91 Å². The first-order chi connectivity index (χ1) is 14.2. The molecule has 148 valence electrons. The van der Waals surface area contributed by atoms with E-state index in [1.807, 2.05) is 18.2 Å². The Morgan fingerprint density at radius 1 is 0.966 bits per heavy atom. The number of anilines is 2. The molecule has 3 aromatic rings. The Balaban J connectivity index is 1.53. The minimum Gasteiger partial charge on any atom is -0.465 e. The molecule has 0 radical (unpaired) electrons. The monoisotopic (exact) mass is 390 g/mol. The number of ether oxygens (including phenoxy) is 1. The van der Waals surface area contributed by atoms with Gasteiger partial charge in [0.1, 0.15) is 0 Å². The third-order valence-electron chi connectivity index (χ3n) is 4.26. The molecule has 0 aliphatic heterocycles. The molecule has 2 aromatic carbocycles. The van der Waals surface area contributed by atoms with E-state index in [4.69, 9.17) is 4.74 Å². The van der Waals surface area contributed by atoms with Crippen molar-refractivity contribution < 1.29 is 14.3 Å².